The second kappa shape index (κ2) is 11.1. The van der Waals surface area contributed by atoms with Crippen LogP contribution in [0, 0.1) is 0 Å². The van der Waals surface area contributed by atoms with Gasteiger partial charge in [0.1, 0.15) is 5.75 Å². The van der Waals surface area contributed by atoms with Crippen LogP contribution in [0.3, 0.4) is 0 Å². The lowest BCUT2D eigenvalue weighted by molar-refractivity contribution is -0.115. The molecule has 9 heteroatoms. The van der Waals surface area contributed by atoms with Gasteiger partial charge in [-0.1, -0.05) is 23.9 Å². The number of aromatic nitrogens is 2. The molecule has 3 aromatic rings. The van der Waals surface area contributed by atoms with E-state index in [2.05, 4.69) is 15.3 Å². The molecule has 1 heterocycles. The van der Waals surface area contributed by atoms with Gasteiger partial charge in [-0.2, -0.15) is 0 Å². The van der Waals surface area contributed by atoms with E-state index in [1.165, 1.54) is 17.8 Å². The number of ether oxygens (including phenoxy) is 2. The first-order valence-electron chi connectivity index (χ1n) is 9.90. The second-order valence-electron chi connectivity index (χ2n) is 6.70. The molecule has 0 spiro atoms. The van der Waals surface area contributed by atoms with E-state index in [1.807, 2.05) is 24.3 Å². The Balaban J connectivity index is 1.60. The van der Waals surface area contributed by atoms with Crippen LogP contribution >= 0.6 is 11.8 Å². The summed E-state index contributed by atoms with van der Waals surface area (Å²) in [5, 5.41) is 3.17. The van der Waals surface area contributed by atoms with Crippen molar-refractivity contribution in [2.75, 3.05) is 19.0 Å². The summed E-state index contributed by atoms with van der Waals surface area (Å²) < 4.78 is 10.2. The largest absolute Gasteiger partial charge is 0.497 e. The maximum atomic E-state index is 12.4. The lowest BCUT2D eigenvalue weighted by Crippen LogP contribution is -2.18. The van der Waals surface area contributed by atoms with Crippen LogP contribution in [-0.2, 0) is 21.7 Å². The third kappa shape index (κ3) is 6.71. The minimum Gasteiger partial charge on any atom is -0.497 e. The van der Waals surface area contributed by atoms with E-state index in [9.17, 15) is 14.4 Å². The van der Waals surface area contributed by atoms with Crippen molar-refractivity contribution >= 4 is 29.3 Å². The molecule has 0 aliphatic carbocycles. The first kappa shape index (κ1) is 23.1. The molecular formula is C23H23N3O5S. The van der Waals surface area contributed by atoms with Crippen LogP contribution in [-0.4, -0.2) is 35.6 Å². The molecule has 1 amide bonds. The quantitative estimate of drug-likeness (QED) is 0.290. The number of carbonyl (C=O) groups is 2. The molecule has 0 atom stereocenters. The van der Waals surface area contributed by atoms with Crippen LogP contribution in [0.4, 0.5) is 5.69 Å². The van der Waals surface area contributed by atoms with Gasteiger partial charge in [-0.25, -0.2) is 9.78 Å². The van der Waals surface area contributed by atoms with Gasteiger partial charge in [-0.05, 0) is 48.9 Å². The van der Waals surface area contributed by atoms with Gasteiger partial charge in [0.25, 0.3) is 5.56 Å². The van der Waals surface area contributed by atoms with E-state index in [0.29, 0.717) is 34.5 Å². The summed E-state index contributed by atoms with van der Waals surface area (Å²) in [6.45, 7) is 2.03. The average Bonchev–Trinajstić information content (AvgIpc) is 2.78. The van der Waals surface area contributed by atoms with Gasteiger partial charge >= 0.3 is 5.97 Å². The fraction of sp³-hybridized carbons (Fsp3) is 0.217. The van der Waals surface area contributed by atoms with Gasteiger partial charge in [0.05, 0.1) is 31.4 Å². The van der Waals surface area contributed by atoms with Crippen molar-refractivity contribution < 1.29 is 19.1 Å². The predicted octanol–water partition coefficient (Wildman–Crippen LogP) is 3.43. The van der Waals surface area contributed by atoms with Crippen molar-refractivity contribution in [2.24, 2.45) is 0 Å². The zero-order chi connectivity index (χ0) is 22.9. The molecule has 0 aliphatic heterocycles. The summed E-state index contributed by atoms with van der Waals surface area (Å²) in [7, 11) is 1.61. The number of carbonyl (C=O) groups excluding carboxylic acids is 2. The minimum atomic E-state index is -0.419. The van der Waals surface area contributed by atoms with Crippen LogP contribution in [0.5, 0.6) is 5.75 Å². The van der Waals surface area contributed by atoms with E-state index in [1.54, 1.807) is 38.3 Å². The Morgan fingerprint density at radius 2 is 1.91 bits per heavy atom. The van der Waals surface area contributed by atoms with Crippen LogP contribution < -0.4 is 15.6 Å². The highest BCUT2D eigenvalue weighted by Crippen LogP contribution is 2.21. The molecule has 0 unspecified atom stereocenters. The molecule has 2 aromatic carbocycles. The predicted molar refractivity (Wildman–Crippen MR) is 122 cm³/mol. The summed E-state index contributed by atoms with van der Waals surface area (Å²) in [5.74, 6) is 0.598. The number of hydrogen-bond acceptors (Lipinski definition) is 7. The standard InChI is InChI=1S/C23H23N3O5S/c1-3-31-22(29)16-7-9-17(10-8-16)24-20(27)12-18-13-21(28)26-23(25-18)32-14-15-5-4-6-19(11-15)30-2/h4-11,13H,3,12,14H2,1-2H3,(H,24,27)(H,25,26,28). The summed E-state index contributed by atoms with van der Waals surface area (Å²) in [4.78, 5) is 43.2. The lowest BCUT2D eigenvalue weighted by Gasteiger charge is -2.08. The van der Waals surface area contributed by atoms with E-state index in [-0.39, 0.29) is 17.9 Å². The number of thioether (sulfide) groups is 1. The van der Waals surface area contributed by atoms with Gasteiger partial charge in [0.15, 0.2) is 5.16 Å². The van der Waals surface area contributed by atoms with Gasteiger partial charge in [0.2, 0.25) is 5.91 Å². The first-order valence-corrected chi connectivity index (χ1v) is 10.9. The number of aromatic amines is 1. The summed E-state index contributed by atoms with van der Waals surface area (Å²) in [6.07, 6.45) is -0.0593. The molecule has 0 radical (unpaired) electrons. The zero-order valence-corrected chi connectivity index (χ0v) is 18.5. The molecule has 2 N–H and O–H groups in total. The molecule has 166 valence electrons. The summed E-state index contributed by atoms with van der Waals surface area (Å²) >= 11 is 1.36. The van der Waals surface area contributed by atoms with Crippen molar-refractivity contribution in [3.63, 3.8) is 0 Å². The molecule has 0 saturated carbocycles. The van der Waals surface area contributed by atoms with Crippen molar-refractivity contribution in [1.82, 2.24) is 9.97 Å². The van der Waals surface area contributed by atoms with Gasteiger partial charge in [-0.15, -0.1) is 0 Å². The molecule has 32 heavy (non-hydrogen) atoms. The van der Waals surface area contributed by atoms with E-state index >= 15 is 0 Å². The fourth-order valence-electron chi connectivity index (χ4n) is 2.83. The number of methoxy groups -OCH3 is 1. The number of nitrogens with one attached hydrogen (secondary N) is 2. The van der Waals surface area contributed by atoms with Crippen LogP contribution in [0.1, 0.15) is 28.5 Å². The van der Waals surface area contributed by atoms with Crippen LogP contribution in [0.25, 0.3) is 0 Å². The van der Waals surface area contributed by atoms with E-state index in [0.717, 1.165) is 11.3 Å². The number of rotatable bonds is 9. The average molecular weight is 454 g/mol. The topological polar surface area (TPSA) is 110 Å². The van der Waals surface area contributed by atoms with Crippen LogP contribution in [0.15, 0.2) is 64.5 Å². The molecular weight excluding hydrogens is 430 g/mol. The zero-order valence-electron chi connectivity index (χ0n) is 17.7. The molecule has 1 aromatic heterocycles. The molecule has 0 bridgehead atoms. The summed E-state index contributed by atoms with van der Waals surface area (Å²) in [6, 6.07) is 15.3. The number of esters is 1. The Kier molecular flexibility index (Phi) is 8.04. The van der Waals surface area contributed by atoms with Crippen molar-refractivity contribution in [3.05, 3.63) is 81.8 Å². The number of hydrogen-bond donors (Lipinski definition) is 2. The Morgan fingerprint density at radius 1 is 1.12 bits per heavy atom. The smallest absolute Gasteiger partial charge is 0.338 e. The van der Waals surface area contributed by atoms with Crippen molar-refractivity contribution in [1.29, 1.82) is 0 Å². The van der Waals surface area contributed by atoms with Crippen molar-refractivity contribution in [3.8, 4) is 5.75 Å². The lowest BCUT2D eigenvalue weighted by atomic mass is 10.2. The maximum Gasteiger partial charge on any atom is 0.338 e. The highest BCUT2D eigenvalue weighted by Gasteiger charge is 2.10. The monoisotopic (exact) mass is 453 g/mol. The number of amides is 1. The number of anilines is 1. The molecule has 3 rings (SSSR count). The van der Waals surface area contributed by atoms with Crippen LogP contribution in [0.2, 0.25) is 0 Å². The Labute approximate surface area is 189 Å². The molecule has 8 nitrogen and oxygen atoms in total. The molecule has 0 saturated heterocycles. The van der Waals surface area contributed by atoms with Gasteiger partial charge in [-0.3, -0.25) is 9.59 Å². The first-order chi connectivity index (χ1) is 15.5. The van der Waals surface area contributed by atoms with Crippen molar-refractivity contribution in [2.45, 2.75) is 24.3 Å². The Morgan fingerprint density at radius 3 is 2.62 bits per heavy atom. The molecule has 0 aliphatic rings. The third-order valence-corrected chi connectivity index (χ3v) is 5.25. The number of H-pyrrole nitrogens is 1. The second-order valence-corrected chi connectivity index (χ2v) is 7.67. The molecule has 0 fully saturated rings. The highest BCUT2D eigenvalue weighted by molar-refractivity contribution is 7.98. The third-order valence-electron chi connectivity index (χ3n) is 4.30. The fourth-order valence-corrected chi connectivity index (χ4v) is 3.67. The van der Waals surface area contributed by atoms with Gasteiger partial charge in [0, 0.05) is 17.5 Å². The van der Waals surface area contributed by atoms with E-state index in [4.69, 9.17) is 9.47 Å². The maximum absolute atomic E-state index is 12.4. The van der Waals surface area contributed by atoms with Gasteiger partial charge < -0.3 is 19.8 Å². The number of benzene rings is 2. The summed E-state index contributed by atoms with van der Waals surface area (Å²) in [5.41, 5.74) is 1.99. The Bertz CT molecular complexity index is 1140. The number of nitrogens with zero attached hydrogens (tertiary/aromatic N) is 1. The SMILES string of the molecule is CCOC(=O)c1ccc(NC(=O)Cc2cc(=O)[nH]c(SCc3cccc(OC)c3)n2)cc1. The normalized spacial score (nSPS) is 10.4. The van der Waals surface area contributed by atoms with E-state index < -0.39 is 5.97 Å². The highest BCUT2D eigenvalue weighted by atomic mass is 32.2. The minimum absolute atomic E-state index is 0.0593. The Hall–Kier alpha value is -3.59.